The molecule has 0 atom stereocenters. The second-order valence-electron chi connectivity index (χ2n) is 2.26. The molecule has 1 aromatic rings. The number of carboxylic acid groups (broad SMARTS) is 1. The van der Waals surface area contributed by atoms with Gasteiger partial charge in [-0.3, -0.25) is 0 Å². The van der Waals surface area contributed by atoms with Gasteiger partial charge in [0.05, 0.1) is 11.1 Å². The molecule has 6 heteroatoms. The summed E-state index contributed by atoms with van der Waals surface area (Å²) in [7, 11) is 0. The number of carbonyl (C=O) groups excluding carboxylic acids is 1. The molecule has 0 saturated heterocycles. The number of carbonyl (C=O) groups is 2. The third kappa shape index (κ3) is 3.16. The van der Waals surface area contributed by atoms with Gasteiger partial charge in [0.2, 0.25) is 0 Å². The van der Waals surface area contributed by atoms with Crippen LogP contribution in [0.4, 0.5) is 0 Å². The molecule has 0 heterocycles. The third-order valence-corrected chi connectivity index (χ3v) is 1.48. The zero-order valence-corrected chi connectivity index (χ0v) is 6.56. The normalized spacial score (nSPS) is 8.64. The summed E-state index contributed by atoms with van der Waals surface area (Å²) < 4.78 is 0. The summed E-state index contributed by atoms with van der Waals surface area (Å²) in [5.41, 5.74) is -0.185. The number of hydrogen-bond acceptors (Lipinski definition) is 4. The first kappa shape index (κ1) is 13.8. The molecule has 70 valence electrons. The first-order valence-electron chi connectivity index (χ1n) is 3.40. The van der Waals surface area contributed by atoms with Crippen molar-refractivity contribution in [3.05, 3.63) is 35.4 Å². The topological polar surface area (TPSA) is 89.6 Å². The van der Waals surface area contributed by atoms with Gasteiger partial charge in [-0.2, -0.15) is 5.90 Å². The molecule has 0 bridgehead atoms. The predicted molar refractivity (Wildman–Crippen MR) is 50.2 cm³/mol. The minimum atomic E-state index is -1.19. The van der Waals surface area contributed by atoms with E-state index >= 15 is 0 Å². The van der Waals surface area contributed by atoms with Crippen LogP contribution >= 0.6 is 0 Å². The monoisotopic (exact) mass is 221 g/mol. The second kappa shape index (κ2) is 6.28. The molecule has 0 aliphatic heterocycles. The van der Waals surface area contributed by atoms with Crippen LogP contribution in [0.3, 0.4) is 0 Å². The average molecular weight is 221 g/mol. The molecule has 0 saturated carbocycles. The molecule has 0 fully saturated rings. The van der Waals surface area contributed by atoms with Gasteiger partial charge in [-0.15, -0.1) is 0 Å². The quantitative estimate of drug-likeness (QED) is 0.531. The Hall–Kier alpha value is -0.244. The first-order valence-corrected chi connectivity index (χ1v) is 3.40. The zero-order chi connectivity index (χ0) is 9.84. The molecule has 14 heavy (non-hydrogen) atoms. The number of rotatable bonds is 2. The molecule has 0 radical (unpaired) electrons. The van der Waals surface area contributed by atoms with Gasteiger partial charge in [0.1, 0.15) is 0 Å². The van der Waals surface area contributed by atoms with Crippen LogP contribution in [0.2, 0.25) is 0 Å². The van der Waals surface area contributed by atoms with Crippen molar-refractivity contribution in [3.63, 3.8) is 0 Å². The van der Waals surface area contributed by atoms with Crippen LogP contribution in [-0.4, -0.2) is 68.4 Å². The van der Waals surface area contributed by atoms with Gasteiger partial charge in [-0.1, -0.05) is 12.1 Å². The maximum atomic E-state index is 10.9. The van der Waals surface area contributed by atoms with Gasteiger partial charge in [-0.25, -0.2) is 9.59 Å². The fraction of sp³-hybridized carbons (Fsp3) is 0. The number of nitrogens with two attached hydrogens (primary N) is 1. The predicted octanol–water partition coefficient (Wildman–Crippen LogP) is -0.233. The Labute approximate surface area is 123 Å². The van der Waals surface area contributed by atoms with E-state index in [0.717, 1.165) is 0 Å². The summed E-state index contributed by atoms with van der Waals surface area (Å²) in [6.07, 6.45) is 0. The molecule has 1 aromatic carbocycles. The Balaban J connectivity index is 0.00000169. The molecule has 0 spiro atoms. The number of hydrogen-bond donors (Lipinski definition) is 2. The van der Waals surface area contributed by atoms with Crippen LogP contribution in [0, 0.1) is 0 Å². The molecule has 0 unspecified atom stereocenters. The minimum absolute atomic E-state index is 0. The van der Waals surface area contributed by atoms with Crippen molar-refractivity contribution in [3.8, 4) is 0 Å². The summed E-state index contributed by atoms with van der Waals surface area (Å²) in [5, 5.41) is 8.66. The van der Waals surface area contributed by atoms with E-state index in [0.29, 0.717) is 0 Å². The SMILES string of the molecule is NOC(=O)c1ccccc1C(=O)O.[KH]. The summed E-state index contributed by atoms with van der Waals surface area (Å²) in [5.74, 6) is 2.57. The molecular formula is C8H8KNO4. The molecule has 5 nitrogen and oxygen atoms in total. The Morgan fingerprint density at radius 1 is 1.21 bits per heavy atom. The van der Waals surface area contributed by atoms with E-state index in [1.807, 2.05) is 0 Å². The standard InChI is InChI=1S/C8H7NO4.K.H/c9-13-8(12)6-4-2-1-3-5(6)7(10)11;;/h1-4H,9H2,(H,10,11);;. The van der Waals surface area contributed by atoms with Crippen molar-refractivity contribution in [1.82, 2.24) is 0 Å². The first-order chi connectivity index (χ1) is 6.16. The van der Waals surface area contributed by atoms with E-state index in [1.54, 1.807) is 0 Å². The van der Waals surface area contributed by atoms with E-state index in [1.165, 1.54) is 24.3 Å². The van der Waals surface area contributed by atoms with Crippen molar-refractivity contribution < 1.29 is 19.5 Å². The fourth-order valence-corrected chi connectivity index (χ4v) is 0.911. The summed E-state index contributed by atoms with van der Waals surface area (Å²) >= 11 is 0. The van der Waals surface area contributed by atoms with Crippen molar-refractivity contribution in [2.24, 2.45) is 5.90 Å². The van der Waals surface area contributed by atoms with Gasteiger partial charge in [-0.05, 0) is 12.1 Å². The van der Waals surface area contributed by atoms with Crippen molar-refractivity contribution in [1.29, 1.82) is 0 Å². The molecule has 0 amide bonds. The molecule has 0 aromatic heterocycles. The Morgan fingerprint density at radius 3 is 2.14 bits per heavy atom. The van der Waals surface area contributed by atoms with Gasteiger partial charge in [0, 0.05) is 0 Å². The van der Waals surface area contributed by atoms with Crippen molar-refractivity contribution >= 4 is 63.3 Å². The molecule has 0 aliphatic carbocycles. The average Bonchev–Trinajstić information content (AvgIpc) is 2.16. The second-order valence-corrected chi connectivity index (χ2v) is 2.26. The van der Waals surface area contributed by atoms with E-state index < -0.39 is 11.9 Å². The molecule has 1 rings (SSSR count). The number of carboxylic acids is 1. The van der Waals surface area contributed by atoms with Gasteiger partial charge >= 0.3 is 63.3 Å². The van der Waals surface area contributed by atoms with Gasteiger partial charge < -0.3 is 9.94 Å². The van der Waals surface area contributed by atoms with E-state index in [2.05, 4.69) is 10.7 Å². The van der Waals surface area contributed by atoms with Crippen molar-refractivity contribution in [2.75, 3.05) is 0 Å². The molecule has 0 aliphatic rings. The van der Waals surface area contributed by atoms with E-state index in [-0.39, 0.29) is 62.5 Å². The maximum absolute atomic E-state index is 10.9. The fourth-order valence-electron chi connectivity index (χ4n) is 0.911. The van der Waals surface area contributed by atoms with Crippen LogP contribution in [-0.2, 0) is 4.84 Å². The van der Waals surface area contributed by atoms with Crippen molar-refractivity contribution in [2.45, 2.75) is 0 Å². The third-order valence-electron chi connectivity index (χ3n) is 1.48. The summed E-state index contributed by atoms with van der Waals surface area (Å²) in [6, 6.07) is 5.67. The van der Waals surface area contributed by atoms with Crippen LogP contribution in [0.5, 0.6) is 0 Å². The summed E-state index contributed by atoms with van der Waals surface area (Å²) in [6.45, 7) is 0. The van der Waals surface area contributed by atoms with E-state index in [9.17, 15) is 9.59 Å². The van der Waals surface area contributed by atoms with Crippen LogP contribution in [0.25, 0.3) is 0 Å². The Kier molecular flexibility index (Phi) is 6.17. The molecular weight excluding hydrogens is 213 g/mol. The zero-order valence-electron chi connectivity index (χ0n) is 6.56. The Bertz CT molecular complexity index is 353. The van der Waals surface area contributed by atoms with Crippen LogP contribution in [0.15, 0.2) is 24.3 Å². The van der Waals surface area contributed by atoms with Crippen LogP contribution < -0.4 is 5.90 Å². The van der Waals surface area contributed by atoms with Gasteiger partial charge in [0.25, 0.3) is 0 Å². The van der Waals surface area contributed by atoms with Crippen LogP contribution in [0.1, 0.15) is 20.7 Å². The van der Waals surface area contributed by atoms with Gasteiger partial charge in [0.15, 0.2) is 0 Å². The van der Waals surface area contributed by atoms with E-state index in [4.69, 9.17) is 5.11 Å². The number of benzene rings is 1. The summed E-state index contributed by atoms with van der Waals surface area (Å²) in [4.78, 5) is 25.4. The molecule has 3 N–H and O–H groups in total. The Morgan fingerprint density at radius 2 is 1.71 bits per heavy atom. The number of aromatic carboxylic acids is 1.